The van der Waals surface area contributed by atoms with Crippen LogP contribution in [0.15, 0.2) is 30.3 Å². The maximum Gasteiger partial charge on any atom is 0.0629 e. The fourth-order valence-electron chi connectivity index (χ4n) is 2.30. The Kier molecular flexibility index (Phi) is 4.40. The average molecular weight is 235 g/mol. The van der Waals surface area contributed by atoms with Gasteiger partial charge in [0, 0.05) is 31.3 Å². The third kappa shape index (κ3) is 3.20. The highest BCUT2D eigenvalue weighted by Crippen LogP contribution is 2.20. The van der Waals surface area contributed by atoms with Crippen LogP contribution in [-0.2, 0) is 4.74 Å². The van der Waals surface area contributed by atoms with Crippen LogP contribution < -0.4 is 4.90 Å². The van der Waals surface area contributed by atoms with Crippen LogP contribution in [0.4, 0.5) is 5.69 Å². The first kappa shape index (κ1) is 12.4. The summed E-state index contributed by atoms with van der Waals surface area (Å²) in [7, 11) is 0. The molecular weight excluding hydrogens is 214 g/mol. The van der Waals surface area contributed by atoms with Gasteiger partial charge in [-0.05, 0) is 25.5 Å². The molecule has 2 atom stereocenters. The van der Waals surface area contributed by atoms with Crippen LogP contribution >= 0.6 is 0 Å². The van der Waals surface area contributed by atoms with Crippen molar-refractivity contribution in [3.8, 4) is 0 Å². The molecule has 1 aliphatic rings. The number of aliphatic hydroxyl groups excluding tert-OH is 1. The standard InChI is InChI=1S/C14H21NO2/c1-2-15(13-6-4-3-5-7-13)10-12-11-17-9-8-14(12)16/h3-7,12,14,16H,2,8-11H2,1H3. The summed E-state index contributed by atoms with van der Waals surface area (Å²) >= 11 is 0. The highest BCUT2D eigenvalue weighted by Gasteiger charge is 2.25. The van der Waals surface area contributed by atoms with E-state index in [4.69, 9.17) is 4.74 Å². The van der Waals surface area contributed by atoms with E-state index in [1.165, 1.54) is 5.69 Å². The molecule has 0 bridgehead atoms. The molecule has 3 nitrogen and oxygen atoms in total. The molecule has 1 aliphatic heterocycles. The molecule has 3 heteroatoms. The number of ether oxygens (including phenoxy) is 1. The van der Waals surface area contributed by atoms with Crippen molar-refractivity contribution in [2.45, 2.75) is 19.4 Å². The Bertz CT molecular complexity index is 328. The molecule has 1 fully saturated rings. The lowest BCUT2D eigenvalue weighted by Crippen LogP contribution is -2.41. The van der Waals surface area contributed by atoms with Crippen LogP contribution in [-0.4, -0.2) is 37.5 Å². The Labute approximate surface area is 103 Å². The quantitative estimate of drug-likeness (QED) is 0.865. The minimum absolute atomic E-state index is 0.221. The summed E-state index contributed by atoms with van der Waals surface area (Å²) in [5.41, 5.74) is 1.22. The van der Waals surface area contributed by atoms with Crippen LogP contribution in [0.5, 0.6) is 0 Å². The van der Waals surface area contributed by atoms with Gasteiger partial charge in [-0.2, -0.15) is 0 Å². The third-order valence-electron chi connectivity index (χ3n) is 3.39. The van der Waals surface area contributed by atoms with E-state index in [-0.39, 0.29) is 12.0 Å². The van der Waals surface area contributed by atoms with Gasteiger partial charge >= 0.3 is 0 Å². The summed E-state index contributed by atoms with van der Waals surface area (Å²) in [6.45, 7) is 5.32. The third-order valence-corrected chi connectivity index (χ3v) is 3.39. The Morgan fingerprint density at radius 3 is 2.76 bits per heavy atom. The highest BCUT2D eigenvalue weighted by molar-refractivity contribution is 5.45. The molecule has 1 aromatic rings. The molecule has 1 aromatic carbocycles. The number of anilines is 1. The molecule has 94 valence electrons. The van der Waals surface area contributed by atoms with Crippen LogP contribution in [0.1, 0.15) is 13.3 Å². The summed E-state index contributed by atoms with van der Waals surface area (Å²) in [5, 5.41) is 9.95. The van der Waals surface area contributed by atoms with E-state index in [0.717, 1.165) is 19.5 Å². The summed E-state index contributed by atoms with van der Waals surface area (Å²) in [5.74, 6) is 0.226. The van der Waals surface area contributed by atoms with E-state index in [9.17, 15) is 5.11 Å². The average Bonchev–Trinajstić information content (AvgIpc) is 2.39. The molecule has 0 radical (unpaired) electrons. The Hall–Kier alpha value is -1.06. The number of benzene rings is 1. The van der Waals surface area contributed by atoms with Crippen molar-refractivity contribution in [2.75, 3.05) is 31.2 Å². The zero-order valence-electron chi connectivity index (χ0n) is 10.4. The van der Waals surface area contributed by atoms with Gasteiger partial charge in [0.05, 0.1) is 12.7 Å². The summed E-state index contributed by atoms with van der Waals surface area (Å²) in [6.07, 6.45) is 0.540. The summed E-state index contributed by atoms with van der Waals surface area (Å²) in [6, 6.07) is 10.3. The lowest BCUT2D eigenvalue weighted by atomic mass is 9.98. The van der Waals surface area contributed by atoms with Crippen LogP contribution in [0.25, 0.3) is 0 Å². The molecule has 0 saturated carbocycles. The van der Waals surface area contributed by atoms with E-state index in [2.05, 4.69) is 24.0 Å². The fraction of sp³-hybridized carbons (Fsp3) is 0.571. The second kappa shape index (κ2) is 6.03. The number of aliphatic hydroxyl groups is 1. The number of nitrogens with zero attached hydrogens (tertiary/aromatic N) is 1. The maximum absolute atomic E-state index is 9.95. The van der Waals surface area contributed by atoms with Crippen molar-refractivity contribution < 1.29 is 9.84 Å². The van der Waals surface area contributed by atoms with Gasteiger partial charge in [0.1, 0.15) is 0 Å². The first-order valence-electron chi connectivity index (χ1n) is 6.37. The van der Waals surface area contributed by atoms with Crippen LogP contribution in [0, 0.1) is 5.92 Å². The monoisotopic (exact) mass is 235 g/mol. The largest absolute Gasteiger partial charge is 0.393 e. The maximum atomic E-state index is 9.95. The molecular formula is C14H21NO2. The molecule has 0 aromatic heterocycles. The van der Waals surface area contributed by atoms with Gasteiger partial charge in [0.2, 0.25) is 0 Å². The molecule has 1 N–H and O–H groups in total. The zero-order valence-corrected chi connectivity index (χ0v) is 10.4. The van der Waals surface area contributed by atoms with Crippen molar-refractivity contribution in [3.63, 3.8) is 0 Å². The molecule has 1 saturated heterocycles. The first-order valence-corrected chi connectivity index (χ1v) is 6.37. The lowest BCUT2D eigenvalue weighted by molar-refractivity contribution is -0.0322. The van der Waals surface area contributed by atoms with E-state index < -0.39 is 0 Å². The van der Waals surface area contributed by atoms with Gasteiger partial charge in [0.15, 0.2) is 0 Å². The van der Waals surface area contributed by atoms with Crippen molar-refractivity contribution >= 4 is 5.69 Å². The van der Waals surface area contributed by atoms with Gasteiger partial charge in [-0.1, -0.05) is 18.2 Å². The Morgan fingerprint density at radius 1 is 1.35 bits per heavy atom. The van der Waals surface area contributed by atoms with Crippen molar-refractivity contribution in [1.82, 2.24) is 0 Å². The van der Waals surface area contributed by atoms with Crippen molar-refractivity contribution in [3.05, 3.63) is 30.3 Å². The lowest BCUT2D eigenvalue weighted by Gasteiger charge is -2.33. The smallest absolute Gasteiger partial charge is 0.0629 e. The van der Waals surface area contributed by atoms with E-state index in [1.54, 1.807) is 0 Å². The fourth-order valence-corrected chi connectivity index (χ4v) is 2.30. The molecule has 2 rings (SSSR count). The predicted octanol–water partition coefficient (Wildman–Crippen LogP) is 1.91. The molecule has 0 spiro atoms. The van der Waals surface area contributed by atoms with E-state index in [1.807, 2.05) is 18.2 Å². The molecule has 0 amide bonds. The summed E-state index contributed by atoms with van der Waals surface area (Å²) < 4.78 is 5.45. The minimum atomic E-state index is -0.221. The number of hydrogen-bond acceptors (Lipinski definition) is 3. The molecule has 2 unspecified atom stereocenters. The number of hydrogen-bond donors (Lipinski definition) is 1. The van der Waals surface area contributed by atoms with Gasteiger partial charge in [-0.3, -0.25) is 0 Å². The second-order valence-corrected chi connectivity index (χ2v) is 4.57. The summed E-state index contributed by atoms with van der Waals surface area (Å²) in [4.78, 5) is 2.29. The van der Waals surface area contributed by atoms with Gasteiger partial charge < -0.3 is 14.7 Å². The Balaban J connectivity index is 1.99. The van der Waals surface area contributed by atoms with Crippen molar-refractivity contribution in [1.29, 1.82) is 0 Å². The minimum Gasteiger partial charge on any atom is -0.393 e. The molecule has 1 heterocycles. The second-order valence-electron chi connectivity index (χ2n) is 4.57. The molecule has 17 heavy (non-hydrogen) atoms. The molecule has 0 aliphatic carbocycles. The number of para-hydroxylation sites is 1. The first-order chi connectivity index (χ1) is 8.31. The van der Waals surface area contributed by atoms with Gasteiger partial charge in [0.25, 0.3) is 0 Å². The van der Waals surface area contributed by atoms with Gasteiger partial charge in [-0.15, -0.1) is 0 Å². The topological polar surface area (TPSA) is 32.7 Å². The highest BCUT2D eigenvalue weighted by atomic mass is 16.5. The van der Waals surface area contributed by atoms with Gasteiger partial charge in [-0.25, -0.2) is 0 Å². The SMILES string of the molecule is CCN(CC1COCCC1O)c1ccccc1. The van der Waals surface area contributed by atoms with Crippen LogP contribution in [0.2, 0.25) is 0 Å². The van der Waals surface area contributed by atoms with E-state index >= 15 is 0 Å². The number of rotatable bonds is 4. The normalized spacial score (nSPS) is 24.6. The predicted molar refractivity (Wildman–Crippen MR) is 69.3 cm³/mol. The van der Waals surface area contributed by atoms with Crippen molar-refractivity contribution in [2.24, 2.45) is 5.92 Å². The van der Waals surface area contributed by atoms with E-state index in [0.29, 0.717) is 13.2 Å². The zero-order chi connectivity index (χ0) is 12.1. The Morgan fingerprint density at radius 2 is 2.12 bits per heavy atom. The van der Waals surface area contributed by atoms with Crippen LogP contribution in [0.3, 0.4) is 0 Å².